The minimum atomic E-state index is -4.24. The maximum atomic E-state index is 12.4. The van der Waals surface area contributed by atoms with E-state index in [2.05, 4.69) is 0 Å². The zero-order valence-electron chi connectivity index (χ0n) is 13.2. The van der Waals surface area contributed by atoms with Crippen molar-refractivity contribution in [2.75, 3.05) is 0 Å². The summed E-state index contributed by atoms with van der Waals surface area (Å²) < 4.78 is 43.4. The number of benzene rings is 1. The van der Waals surface area contributed by atoms with Gasteiger partial charge in [0.25, 0.3) is 0 Å². The van der Waals surface area contributed by atoms with E-state index in [0.29, 0.717) is 5.56 Å². The topological polar surface area (TPSA) is 26.3 Å². The largest absolute Gasteiger partial charge is 0.454 e. The summed E-state index contributed by atoms with van der Waals surface area (Å²) in [6, 6.07) is 7.03. The first-order chi connectivity index (χ1) is 11.4. The van der Waals surface area contributed by atoms with Crippen molar-refractivity contribution >= 4 is 28.6 Å². The average molecular weight is 452 g/mol. The average Bonchev–Trinajstić information content (AvgIpc) is 2.54. The number of hydrogen-bond donors (Lipinski definition) is 0. The standard InChI is InChI=1S/C18H20F3IO2/c19-18(20,21)12-6-11-16(13-7-2-1-3-8-13)24-17(23)14-9-4-5-10-15(14)22/h4-6,9-11,13,16H,1-3,7-8,12H2/b11-6+. The Morgan fingerprint density at radius 3 is 2.54 bits per heavy atom. The highest BCUT2D eigenvalue weighted by atomic mass is 127. The third-order valence-corrected chi connectivity index (χ3v) is 5.07. The summed E-state index contributed by atoms with van der Waals surface area (Å²) in [6.45, 7) is 0. The van der Waals surface area contributed by atoms with Crippen LogP contribution in [0.3, 0.4) is 0 Å². The predicted octanol–water partition coefficient (Wildman–Crippen LogP) is 5.91. The number of ether oxygens (including phenoxy) is 1. The minimum Gasteiger partial charge on any atom is -0.454 e. The van der Waals surface area contributed by atoms with Crippen LogP contribution in [-0.4, -0.2) is 18.2 Å². The van der Waals surface area contributed by atoms with Crippen LogP contribution >= 0.6 is 22.6 Å². The van der Waals surface area contributed by atoms with Gasteiger partial charge in [0, 0.05) is 3.57 Å². The summed E-state index contributed by atoms with van der Waals surface area (Å²) in [7, 11) is 0. The lowest BCUT2D eigenvalue weighted by molar-refractivity contribution is -0.125. The van der Waals surface area contributed by atoms with E-state index in [1.165, 1.54) is 6.08 Å². The zero-order valence-corrected chi connectivity index (χ0v) is 15.3. The SMILES string of the molecule is O=C(OC(/C=C/CC(F)(F)F)C1CCCCC1)c1ccccc1I. The molecule has 1 fully saturated rings. The maximum Gasteiger partial charge on any atom is 0.392 e. The molecule has 0 amide bonds. The van der Waals surface area contributed by atoms with Gasteiger partial charge in [-0.25, -0.2) is 4.79 Å². The number of halogens is 4. The highest BCUT2D eigenvalue weighted by Gasteiger charge is 2.28. The number of allylic oxidation sites excluding steroid dienone is 1. The lowest BCUT2D eigenvalue weighted by atomic mass is 9.85. The van der Waals surface area contributed by atoms with E-state index in [4.69, 9.17) is 4.74 Å². The van der Waals surface area contributed by atoms with Crippen molar-refractivity contribution in [2.45, 2.75) is 50.8 Å². The number of carbonyl (C=O) groups excluding carboxylic acids is 1. The highest BCUT2D eigenvalue weighted by molar-refractivity contribution is 14.1. The molecule has 1 atom stereocenters. The van der Waals surface area contributed by atoms with Crippen LogP contribution in [0.5, 0.6) is 0 Å². The molecule has 1 aliphatic carbocycles. The van der Waals surface area contributed by atoms with Crippen molar-refractivity contribution < 1.29 is 22.7 Å². The van der Waals surface area contributed by atoms with Crippen LogP contribution in [0.1, 0.15) is 48.9 Å². The van der Waals surface area contributed by atoms with Gasteiger partial charge in [-0.3, -0.25) is 0 Å². The molecule has 132 valence electrons. The second-order valence-corrected chi connectivity index (χ2v) is 7.16. The highest BCUT2D eigenvalue weighted by Crippen LogP contribution is 2.30. The lowest BCUT2D eigenvalue weighted by Crippen LogP contribution is -2.27. The lowest BCUT2D eigenvalue weighted by Gasteiger charge is -2.28. The summed E-state index contributed by atoms with van der Waals surface area (Å²) in [5.41, 5.74) is 0.447. The predicted molar refractivity (Wildman–Crippen MR) is 94.7 cm³/mol. The van der Waals surface area contributed by atoms with Crippen LogP contribution in [0.2, 0.25) is 0 Å². The molecule has 0 N–H and O–H groups in total. The van der Waals surface area contributed by atoms with Crippen LogP contribution in [0.15, 0.2) is 36.4 Å². The molecule has 0 spiro atoms. The Bertz CT molecular complexity index is 578. The molecule has 0 saturated heterocycles. The molecule has 0 aliphatic heterocycles. The Kier molecular flexibility index (Phi) is 7.13. The molecule has 0 heterocycles. The molecule has 0 bridgehead atoms. The van der Waals surface area contributed by atoms with Crippen LogP contribution in [0, 0.1) is 9.49 Å². The molecule has 1 unspecified atom stereocenters. The molecule has 1 aliphatic rings. The van der Waals surface area contributed by atoms with Crippen LogP contribution in [0.25, 0.3) is 0 Å². The summed E-state index contributed by atoms with van der Waals surface area (Å²) in [4.78, 5) is 12.4. The van der Waals surface area contributed by atoms with Gasteiger partial charge in [0.1, 0.15) is 6.10 Å². The van der Waals surface area contributed by atoms with Gasteiger partial charge in [-0.1, -0.05) is 37.5 Å². The van der Waals surface area contributed by atoms with Crippen molar-refractivity contribution in [2.24, 2.45) is 5.92 Å². The summed E-state index contributed by atoms with van der Waals surface area (Å²) in [5, 5.41) is 0. The molecule has 2 rings (SSSR count). The third kappa shape index (κ3) is 6.11. The summed E-state index contributed by atoms with van der Waals surface area (Å²) >= 11 is 2.05. The Morgan fingerprint density at radius 1 is 1.25 bits per heavy atom. The molecule has 0 radical (unpaired) electrons. The quantitative estimate of drug-likeness (QED) is 0.316. The Balaban J connectivity index is 2.10. The van der Waals surface area contributed by atoms with Crippen molar-refractivity contribution in [1.29, 1.82) is 0 Å². The van der Waals surface area contributed by atoms with Crippen LogP contribution in [-0.2, 0) is 4.74 Å². The van der Waals surface area contributed by atoms with Gasteiger partial charge in [-0.2, -0.15) is 13.2 Å². The molecule has 6 heteroatoms. The summed E-state index contributed by atoms with van der Waals surface area (Å²) in [5.74, 6) is -0.388. The second kappa shape index (κ2) is 8.87. The smallest absolute Gasteiger partial charge is 0.392 e. The summed E-state index contributed by atoms with van der Waals surface area (Å²) in [6.07, 6.45) is 1.56. The van der Waals surface area contributed by atoms with Crippen molar-refractivity contribution in [1.82, 2.24) is 0 Å². The van der Waals surface area contributed by atoms with Crippen molar-refractivity contribution in [3.8, 4) is 0 Å². The van der Waals surface area contributed by atoms with Crippen LogP contribution < -0.4 is 0 Å². The number of rotatable bonds is 5. The van der Waals surface area contributed by atoms with E-state index in [1.54, 1.807) is 18.2 Å². The fraction of sp³-hybridized carbons (Fsp3) is 0.500. The van der Waals surface area contributed by atoms with Gasteiger partial charge in [0.15, 0.2) is 0 Å². The Morgan fingerprint density at radius 2 is 1.92 bits per heavy atom. The zero-order chi connectivity index (χ0) is 17.6. The van der Waals surface area contributed by atoms with E-state index in [-0.39, 0.29) is 5.92 Å². The van der Waals surface area contributed by atoms with Crippen molar-refractivity contribution in [3.63, 3.8) is 0 Å². The number of esters is 1. The molecule has 2 nitrogen and oxygen atoms in total. The molecular weight excluding hydrogens is 432 g/mol. The molecule has 24 heavy (non-hydrogen) atoms. The second-order valence-electron chi connectivity index (χ2n) is 6.00. The van der Waals surface area contributed by atoms with E-state index in [1.807, 2.05) is 28.7 Å². The Hall–Kier alpha value is -1.05. The number of carbonyl (C=O) groups is 1. The first-order valence-electron chi connectivity index (χ1n) is 8.06. The van der Waals surface area contributed by atoms with Gasteiger partial charge >= 0.3 is 12.1 Å². The molecule has 1 saturated carbocycles. The monoisotopic (exact) mass is 452 g/mol. The third-order valence-electron chi connectivity index (χ3n) is 4.13. The van der Waals surface area contributed by atoms with E-state index < -0.39 is 24.7 Å². The number of alkyl halides is 3. The van der Waals surface area contributed by atoms with E-state index >= 15 is 0 Å². The van der Waals surface area contributed by atoms with Crippen LogP contribution in [0.4, 0.5) is 13.2 Å². The van der Waals surface area contributed by atoms with E-state index in [9.17, 15) is 18.0 Å². The first kappa shape index (κ1) is 19.3. The van der Waals surface area contributed by atoms with Gasteiger partial charge in [-0.15, -0.1) is 0 Å². The fourth-order valence-corrected chi connectivity index (χ4v) is 3.51. The minimum absolute atomic E-state index is 0.0913. The Labute approximate surface area is 153 Å². The van der Waals surface area contributed by atoms with Gasteiger partial charge in [-0.05, 0) is 59.6 Å². The molecule has 0 aromatic heterocycles. The normalized spacial score (nSPS) is 17.8. The van der Waals surface area contributed by atoms with E-state index in [0.717, 1.165) is 41.8 Å². The molecule has 1 aromatic rings. The van der Waals surface area contributed by atoms with Gasteiger partial charge < -0.3 is 4.74 Å². The van der Waals surface area contributed by atoms with Gasteiger partial charge in [0.2, 0.25) is 0 Å². The fourth-order valence-electron chi connectivity index (χ4n) is 2.90. The first-order valence-corrected chi connectivity index (χ1v) is 9.13. The molecule has 1 aromatic carbocycles. The molecular formula is C18H20F3IO2. The van der Waals surface area contributed by atoms with Gasteiger partial charge in [0.05, 0.1) is 12.0 Å². The maximum absolute atomic E-state index is 12.4. The van der Waals surface area contributed by atoms with Crippen molar-refractivity contribution in [3.05, 3.63) is 45.6 Å². The number of hydrogen-bond acceptors (Lipinski definition) is 2.